The molecule has 1 aromatic carbocycles. The summed E-state index contributed by atoms with van der Waals surface area (Å²) in [6.45, 7) is 2.35. The van der Waals surface area contributed by atoms with Gasteiger partial charge in [-0.05, 0) is 93.7 Å². The Hall–Kier alpha value is -1.58. The zero-order valence-electron chi connectivity index (χ0n) is 16.4. The van der Waals surface area contributed by atoms with Crippen LogP contribution in [-0.2, 0) is 9.53 Å². The van der Waals surface area contributed by atoms with Crippen LogP contribution in [0.4, 0.5) is 4.39 Å². The van der Waals surface area contributed by atoms with Crippen LogP contribution >= 0.6 is 0 Å². The fourth-order valence-electron chi connectivity index (χ4n) is 4.13. The number of rotatable bonds is 7. The van der Waals surface area contributed by atoms with Gasteiger partial charge in [-0.3, -0.25) is 0 Å². The van der Waals surface area contributed by atoms with Crippen molar-refractivity contribution in [2.24, 2.45) is 5.92 Å². The lowest BCUT2D eigenvalue weighted by Gasteiger charge is -2.28. The Morgan fingerprint density at radius 1 is 1.07 bits per heavy atom. The highest BCUT2D eigenvalue weighted by Crippen LogP contribution is 2.33. The minimum absolute atomic E-state index is 0.134. The van der Waals surface area contributed by atoms with Crippen molar-refractivity contribution >= 4 is 5.97 Å². The molecule has 4 heteroatoms. The number of carbonyl (C=O) groups is 1. The molecule has 149 valence electrons. The maximum absolute atomic E-state index is 13.3. The minimum Gasteiger partial charge on any atom is -0.493 e. The molecule has 0 bridgehead atoms. The van der Waals surface area contributed by atoms with E-state index >= 15 is 0 Å². The minimum atomic E-state index is -1.49. The lowest BCUT2D eigenvalue weighted by molar-refractivity contribution is -0.157. The van der Waals surface area contributed by atoms with Gasteiger partial charge in [0.25, 0.3) is 0 Å². The summed E-state index contributed by atoms with van der Waals surface area (Å²) in [6.07, 6.45) is 9.44. The van der Waals surface area contributed by atoms with E-state index in [1.807, 2.05) is 0 Å². The SMILES string of the molecule is CC[C@@H](F)C(=O)O[C@H]1CC[C@H](COc2ccc(C3CC[CH]CC3)cc2)CC1. The Kier molecular flexibility index (Phi) is 7.54. The Morgan fingerprint density at radius 3 is 2.37 bits per heavy atom. The van der Waals surface area contributed by atoms with Gasteiger partial charge in [-0.15, -0.1) is 0 Å². The molecule has 3 nitrogen and oxygen atoms in total. The first kappa shape index (κ1) is 20.2. The van der Waals surface area contributed by atoms with Gasteiger partial charge in [0.05, 0.1) is 6.61 Å². The summed E-state index contributed by atoms with van der Waals surface area (Å²) in [5, 5.41) is 0. The van der Waals surface area contributed by atoms with Gasteiger partial charge in [-0.1, -0.05) is 19.1 Å². The van der Waals surface area contributed by atoms with E-state index < -0.39 is 12.1 Å². The van der Waals surface area contributed by atoms with E-state index in [9.17, 15) is 9.18 Å². The van der Waals surface area contributed by atoms with Crippen LogP contribution in [0, 0.1) is 12.3 Å². The quantitative estimate of drug-likeness (QED) is 0.567. The van der Waals surface area contributed by atoms with Crippen molar-refractivity contribution < 1.29 is 18.7 Å². The molecule has 0 saturated heterocycles. The summed E-state index contributed by atoms with van der Waals surface area (Å²) < 4.78 is 24.6. The molecular weight excluding hydrogens is 343 g/mol. The molecule has 0 heterocycles. The first-order chi connectivity index (χ1) is 13.2. The Morgan fingerprint density at radius 2 is 1.74 bits per heavy atom. The van der Waals surface area contributed by atoms with E-state index in [-0.39, 0.29) is 12.5 Å². The van der Waals surface area contributed by atoms with Gasteiger partial charge in [-0.2, -0.15) is 0 Å². The highest BCUT2D eigenvalue weighted by molar-refractivity contribution is 5.74. The average Bonchev–Trinajstić information content (AvgIpc) is 2.73. The van der Waals surface area contributed by atoms with Crippen LogP contribution in [0.25, 0.3) is 0 Å². The van der Waals surface area contributed by atoms with Crippen molar-refractivity contribution in [2.75, 3.05) is 6.61 Å². The molecule has 0 spiro atoms. The van der Waals surface area contributed by atoms with Crippen molar-refractivity contribution in [3.8, 4) is 5.75 Å². The topological polar surface area (TPSA) is 35.5 Å². The molecule has 0 aromatic heterocycles. The molecule has 0 aliphatic heterocycles. The van der Waals surface area contributed by atoms with Crippen molar-refractivity contribution in [1.82, 2.24) is 0 Å². The summed E-state index contributed by atoms with van der Waals surface area (Å²) in [4.78, 5) is 11.6. The van der Waals surface area contributed by atoms with Crippen LogP contribution in [0.1, 0.15) is 76.2 Å². The fourth-order valence-corrected chi connectivity index (χ4v) is 4.13. The first-order valence-electron chi connectivity index (χ1n) is 10.5. The predicted molar refractivity (Wildman–Crippen MR) is 104 cm³/mol. The Labute approximate surface area is 162 Å². The average molecular weight is 376 g/mol. The highest BCUT2D eigenvalue weighted by atomic mass is 19.1. The van der Waals surface area contributed by atoms with E-state index in [1.54, 1.807) is 6.92 Å². The molecule has 2 saturated carbocycles. The number of hydrogen-bond acceptors (Lipinski definition) is 3. The van der Waals surface area contributed by atoms with Crippen molar-refractivity contribution in [1.29, 1.82) is 0 Å². The largest absolute Gasteiger partial charge is 0.493 e. The van der Waals surface area contributed by atoms with Crippen LogP contribution in [0.15, 0.2) is 24.3 Å². The summed E-state index contributed by atoms with van der Waals surface area (Å²) >= 11 is 0. The predicted octanol–water partition coefficient (Wildman–Crippen LogP) is 5.78. The van der Waals surface area contributed by atoms with Gasteiger partial charge >= 0.3 is 5.97 Å². The van der Waals surface area contributed by atoms with E-state index in [4.69, 9.17) is 9.47 Å². The number of esters is 1. The molecule has 1 radical (unpaired) electrons. The van der Waals surface area contributed by atoms with Gasteiger partial charge in [0.1, 0.15) is 11.9 Å². The molecule has 2 aliphatic carbocycles. The van der Waals surface area contributed by atoms with Gasteiger partial charge in [-0.25, -0.2) is 9.18 Å². The number of benzene rings is 1. The molecule has 1 atom stereocenters. The van der Waals surface area contributed by atoms with Crippen LogP contribution in [0.5, 0.6) is 5.75 Å². The van der Waals surface area contributed by atoms with Gasteiger partial charge in [0, 0.05) is 0 Å². The number of halogens is 1. The Bertz CT molecular complexity index is 572. The normalized spacial score (nSPS) is 25.0. The maximum Gasteiger partial charge on any atom is 0.340 e. The second kappa shape index (κ2) is 10.1. The first-order valence-corrected chi connectivity index (χ1v) is 10.5. The fraction of sp³-hybridized carbons (Fsp3) is 0.652. The standard InChI is InChI=1S/C23H32FO3/c1-2-22(24)23(25)27-21-12-8-17(9-13-21)16-26-20-14-10-19(11-15-20)18-6-4-3-5-7-18/h3,10-11,14-15,17-18,21-22H,2,4-9,12-13,16H2,1H3/t17-,21-,22-/m1/s1. The van der Waals surface area contributed by atoms with E-state index in [1.165, 1.54) is 31.2 Å². The van der Waals surface area contributed by atoms with Crippen molar-refractivity contribution in [2.45, 2.75) is 82.9 Å². The molecule has 2 fully saturated rings. The van der Waals surface area contributed by atoms with Crippen LogP contribution < -0.4 is 4.74 Å². The monoisotopic (exact) mass is 375 g/mol. The Balaban J connectivity index is 1.38. The highest BCUT2D eigenvalue weighted by Gasteiger charge is 2.27. The third-order valence-electron chi connectivity index (χ3n) is 5.97. The molecule has 3 rings (SSSR count). The molecule has 1 aromatic rings. The van der Waals surface area contributed by atoms with Crippen LogP contribution in [-0.4, -0.2) is 24.9 Å². The van der Waals surface area contributed by atoms with Crippen molar-refractivity contribution in [3.05, 3.63) is 36.2 Å². The molecule has 2 aliphatic rings. The summed E-state index contributed by atoms with van der Waals surface area (Å²) in [5.41, 5.74) is 1.43. The van der Waals surface area contributed by atoms with E-state index in [2.05, 4.69) is 30.7 Å². The second-order valence-corrected chi connectivity index (χ2v) is 7.98. The molecular formula is C23H32FO3. The number of hydrogen-bond donors (Lipinski definition) is 0. The van der Waals surface area contributed by atoms with Crippen molar-refractivity contribution in [3.63, 3.8) is 0 Å². The van der Waals surface area contributed by atoms with E-state index in [0.29, 0.717) is 18.4 Å². The summed E-state index contributed by atoms with van der Waals surface area (Å²) in [6, 6.07) is 8.60. The number of alkyl halides is 1. The maximum atomic E-state index is 13.3. The lowest BCUT2D eigenvalue weighted by atomic mass is 9.84. The summed E-state index contributed by atoms with van der Waals surface area (Å²) in [7, 11) is 0. The number of ether oxygens (including phenoxy) is 2. The third kappa shape index (κ3) is 5.95. The number of carbonyl (C=O) groups excluding carboxylic acids is 1. The smallest absolute Gasteiger partial charge is 0.340 e. The van der Waals surface area contributed by atoms with Gasteiger partial charge in [0.15, 0.2) is 6.17 Å². The van der Waals surface area contributed by atoms with Gasteiger partial charge in [0.2, 0.25) is 0 Å². The van der Waals surface area contributed by atoms with Crippen LogP contribution in [0.3, 0.4) is 0 Å². The molecule has 0 amide bonds. The van der Waals surface area contributed by atoms with Gasteiger partial charge < -0.3 is 9.47 Å². The zero-order valence-corrected chi connectivity index (χ0v) is 16.4. The second-order valence-electron chi connectivity index (χ2n) is 7.98. The molecule has 0 N–H and O–H groups in total. The van der Waals surface area contributed by atoms with Crippen LogP contribution in [0.2, 0.25) is 0 Å². The summed E-state index contributed by atoms with van der Waals surface area (Å²) in [5.74, 6) is 1.39. The third-order valence-corrected chi connectivity index (χ3v) is 5.97. The van der Waals surface area contributed by atoms with E-state index in [0.717, 1.165) is 31.4 Å². The molecule has 27 heavy (non-hydrogen) atoms. The lowest BCUT2D eigenvalue weighted by Crippen LogP contribution is -2.30. The molecule has 0 unspecified atom stereocenters. The zero-order chi connectivity index (χ0) is 19.1.